The fourth-order valence-corrected chi connectivity index (χ4v) is 3.01. The number of anilines is 1. The maximum Gasteiger partial charge on any atom is 0.341 e. The Hall–Kier alpha value is -2.41. The summed E-state index contributed by atoms with van der Waals surface area (Å²) in [5.74, 6) is -0.729. The summed E-state index contributed by atoms with van der Waals surface area (Å²) in [5, 5.41) is 14.4. The van der Waals surface area contributed by atoms with Crippen molar-refractivity contribution in [3.05, 3.63) is 39.8 Å². The Balaban J connectivity index is 1.98. The van der Waals surface area contributed by atoms with Crippen molar-refractivity contribution < 1.29 is 19.4 Å². The Labute approximate surface area is 150 Å². The molecule has 134 valence electrons. The highest BCUT2D eigenvalue weighted by Crippen LogP contribution is 2.26. The third-order valence-corrected chi connectivity index (χ3v) is 4.69. The maximum absolute atomic E-state index is 12.2. The zero-order valence-corrected chi connectivity index (χ0v) is 15.6. The minimum absolute atomic E-state index is 0.0260. The lowest BCUT2D eigenvalue weighted by atomic mass is 9.98. The molecule has 2 aromatic rings. The molecule has 0 saturated heterocycles. The van der Waals surface area contributed by atoms with E-state index in [1.54, 1.807) is 29.5 Å². The number of nitrogens with one attached hydrogen (secondary N) is 1. The van der Waals surface area contributed by atoms with Crippen LogP contribution in [0.25, 0.3) is 0 Å². The second-order valence-corrected chi connectivity index (χ2v) is 7.64. The van der Waals surface area contributed by atoms with E-state index in [0.717, 1.165) is 16.3 Å². The number of aliphatic carboxylic acids is 1. The van der Waals surface area contributed by atoms with Gasteiger partial charge in [-0.25, -0.2) is 9.78 Å². The summed E-state index contributed by atoms with van der Waals surface area (Å²) in [7, 11) is 0. The van der Waals surface area contributed by atoms with Crippen molar-refractivity contribution in [1.29, 1.82) is 0 Å². The van der Waals surface area contributed by atoms with Crippen molar-refractivity contribution in [3.8, 4) is 5.75 Å². The first kappa shape index (κ1) is 18.9. The molecule has 0 atom stereocenters. The van der Waals surface area contributed by atoms with E-state index in [2.05, 4.69) is 31.1 Å². The molecule has 1 amide bonds. The summed E-state index contributed by atoms with van der Waals surface area (Å²) in [6.07, 6.45) is 0.212. The van der Waals surface area contributed by atoms with Crippen LogP contribution in [0.15, 0.2) is 23.6 Å². The third kappa shape index (κ3) is 5.56. The second kappa shape index (κ2) is 7.65. The van der Waals surface area contributed by atoms with Crippen LogP contribution in [0.2, 0.25) is 0 Å². The number of ether oxygens (including phenoxy) is 1. The van der Waals surface area contributed by atoms with Gasteiger partial charge in [0.2, 0.25) is 5.91 Å². The largest absolute Gasteiger partial charge is 0.482 e. The van der Waals surface area contributed by atoms with Crippen LogP contribution in [0, 0.1) is 6.92 Å². The zero-order valence-electron chi connectivity index (χ0n) is 14.8. The zero-order chi connectivity index (χ0) is 18.6. The highest BCUT2D eigenvalue weighted by Gasteiger charge is 2.19. The Bertz CT molecular complexity index is 778. The lowest BCUT2D eigenvalue weighted by Gasteiger charge is -2.13. The summed E-state index contributed by atoms with van der Waals surface area (Å²) in [5.41, 5.74) is 2.19. The van der Waals surface area contributed by atoms with Crippen LogP contribution >= 0.6 is 11.3 Å². The summed E-state index contributed by atoms with van der Waals surface area (Å²) in [6.45, 7) is 7.70. The first-order valence-corrected chi connectivity index (χ1v) is 8.73. The predicted molar refractivity (Wildman–Crippen MR) is 97.5 cm³/mol. The molecule has 0 bridgehead atoms. The van der Waals surface area contributed by atoms with E-state index >= 15 is 0 Å². The average molecular weight is 362 g/mol. The topological polar surface area (TPSA) is 88.5 Å². The number of rotatable bonds is 6. The van der Waals surface area contributed by atoms with Crippen LogP contribution in [0.3, 0.4) is 0 Å². The molecule has 0 radical (unpaired) electrons. The van der Waals surface area contributed by atoms with E-state index in [-0.39, 0.29) is 17.7 Å². The van der Waals surface area contributed by atoms with Gasteiger partial charge in [-0.15, -0.1) is 11.3 Å². The Morgan fingerprint density at radius 2 is 2.04 bits per heavy atom. The molecule has 2 rings (SSSR count). The van der Waals surface area contributed by atoms with Gasteiger partial charge in [-0.1, -0.05) is 20.8 Å². The van der Waals surface area contributed by atoms with Gasteiger partial charge in [0.1, 0.15) is 5.75 Å². The first-order chi connectivity index (χ1) is 11.6. The van der Waals surface area contributed by atoms with Crippen molar-refractivity contribution in [1.82, 2.24) is 4.98 Å². The molecule has 0 saturated carbocycles. The number of nitrogens with zero attached hydrogens (tertiary/aromatic N) is 1. The number of carboxylic acid groups (broad SMARTS) is 1. The van der Waals surface area contributed by atoms with Gasteiger partial charge >= 0.3 is 5.97 Å². The van der Waals surface area contributed by atoms with Gasteiger partial charge in [0, 0.05) is 16.5 Å². The highest BCUT2D eigenvalue weighted by atomic mass is 32.1. The first-order valence-electron chi connectivity index (χ1n) is 7.85. The van der Waals surface area contributed by atoms with Gasteiger partial charge < -0.3 is 15.2 Å². The standard InChI is InChI=1S/C18H22N2O4S/c1-11-7-13(24-9-16(22)23)5-6-14(11)20-15(21)8-12-10-25-17(19-12)18(2,3)4/h5-7,10H,8-9H2,1-4H3,(H,20,21)(H,22,23). The monoisotopic (exact) mass is 362 g/mol. The van der Waals surface area contributed by atoms with Gasteiger partial charge in [0.15, 0.2) is 6.61 Å². The number of amides is 1. The molecule has 25 heavy (non-hydrogen) atoms. The minimum atomic E-state index is -1.03. The quantitative estimate of drug-likeness (QED) is 0.822. The Morgan fingerprint density at radius 1 is 1.32 bits per heavy atom. The van der Waals surface area contributed by atoms with E-state index in [9.17, 15) is 9.59 Å². The number of aromatic nitrogens is 1. The molecular weight excluding hydrogens is 340 g/mol. The number of aryl methyl sites for hydroxylation is 1. The van der Waals surface area contributed by atoms with Crippen molar-refractivity contribution in [2.24, 2.45) is 0 Å². The van der Waals surface area contributed by atoms with Gasteiger partial charge in [-0.3, -0.25) is 4.79 Å². The Morgan fingerprint density at radius 3 is 2.60 bits per heavy atom. The molecule has 0 aliphatic carbocycles. The van der Waals surface area contributed by atoms with Crippen molar-refractivity contribution in [3.63, 3.8) is 0 Å². The third-order valence-electron chi connectivity index (χ3n) is 3.37. The van der Waals surface area contributed by atoms with E-state index in [4.69, 9.17) is 9.84 Å². The van der Waals surface area contributed by atoms with Crippen LogP contribution in [-0.4, -0.2) is 28.6 Å². The summed E-state index contributed by atoms with van der Waals surface area (Å²) >= 11 is 1.56. The molecule has 2 N–H and O–H groups in total. The molecule has 0 aliphatic heterocycles. The van der Waals surface area contributed by atoms with Crippen LogP contribution in [0.5, 0.6) is 5.75 Å². The van der Waals surface area contributed by atoms with E-state index < -0.39 is 12.6 Å². The lowest BCUT2D eigenvalue weighted by Crippen LogP contribution is -2.16. The van der Waals surface area contributed by atoms with Gasteiger partial charge in [0.05, 0.1) is 17.1 Å². The molecule has 1 aromatic heterocycles. The molecule has 0 fully saturated rings. The number of carbonyl (C=O) groups excluding carboxylic acids is 1. The SMILES string of the molecule is Cc1cc(OCC(=O)O)ccc1NC(=O)Cc1csc(C(C)(C)C)n1. The smallest absolute Gasteiger partial charge is 0.341 e. The number of hydrogen-bond donors (Lipinski definition) is 2. The fraction of sp³-hybridized carbons (Fsp3) is 0.389. The number of thiazole rings is 1. The molecule has 1 aromatic carbocycles. The molecule has 7 heteroatoms. The van der Waals surface area contributed by atoms with E-state index in [0.29, 0.717) is 11.4 Å². The normalized spacial score (nSPS) is 11.2. The Kier molecular flexibility index (Phi) is 5.79. The predicted octanol–water partition coefficient (Wildman–Crippen LogP) is 3.39. The van der Waals surface area contributed by atoms with Gasteiger partial charge in [-0.05, 0) is 30.7 Å². The molecule has 6 nitrogen and oxygen atoms in total. The number of benzene rings is 1. The molecule has 0 aliphatic rings. The molecule has 0 spiro atoms. The summed E-state index contributed by atoms with van der Waals surface area (Å²) < 4.78 is 5.12. The average Bonchev–Trinajstić information content (AvgIpc) is 2.96. The highest BCUT2D eigenvalue weighted by molar-refractivity contribution is 7.09. The maximum atomic E-state index is 12.2. The van der Waals surface area contributed by atoms with Gasteiger partial charge in [0.25, 0.3) is 0 Å². The number of carbonyl (C=O) groups is 2. The number of hydrogen-bond acceptors (Lipinski definition) is 5. The second-order valence-electron chi connectivity index (χ2n) is 6.78. The molecular formula is C18H22N2O4S. The van der Waals surface area contributed by atoms with Crippen LogP contribution in [0.1, 0.15) is 37.0 Å². The van der Waals surface area contributed by atoms with Crippen LogP contribution in [0.4, 0.5) is 5.69 Å². The van der Waals surface area contributed by atoms with Crippen molar-refractivity contribution >= 4 is 28.9 Å². The van der Waals surface area contributed by atoms with E-state index in [1.807, 2.05) is 12.3 Å². The lowest BCUT2D eigenvalue weighted by molar-refractivity contribution is -0.139. The van der Waals surface area contributed by atoms with Crippen LogP contribution in [-0.2, 0) is 21.4 Å². The van der Waals surface area contributed by atoms with Crippen molar-refractivity contribution in [2.45, 2.75) is 39.5 Å². The summed E-state index contributed by atoms with van der Waals surface area (Å²) in [6, 6.07) is 5.03. The van der Waals surface area contributed by atoms with Gasteiger partial charge in [-0.2, -0.15) is 0 Å². The molecule has 1 heterocycles. The fourth-order valence-electron chi connectivity index (χ4n) is 2.10. The molecule has 0 unspecified atom stereocenters. The minimum Gasteiger partial charge on any atom is -0.482 e. The number of carboxylic acids is 1. The van der Waals surface area contributed by atoms with Crippen molar-refractivity contribution in [2.75, 3.05) is 11.9 Å². The van der Waals surface area contributed by atoms with E-state index in [1.165, 1.54) is 0 Å². The van der Waals surface area contributed by atoms with Crippen LogP contribution < -0.4 is 10.1 Å². The summed E-state index contributed by atoms with van der Waals surface area (Å²) in [4.78, 5) is 27.3.